The molecule has 1 aliphatic rings. The summed E-state index contributed by atoms with van der Waals surface area (Å²) in [6.07, 6.45) is 4.29. The fraction of sp³-hybridized carbons (Fsp3) is 0.625. The van der Waals surface area contributed by atoms with Crippen molar-refractivity contribution in [1.29, 1.82) is 0 Å². The highest BCUT2D eigenvalue weighted by Crippen LogP contribution is 2.38. The average Bonchev–Trinajstić information content (AvgIpc) is 2.40. The SMILES string of the molecule is CC(C)(C)C1CCC(Nc2ccc([N+](=O)[O-])cc2F)CC1. The predicted octanol–water partition coefficient (Wildman–Crippen LogP) is 4.75. The summed E-state index contributed by atoms with van der Waals surface area (Å²) in [5, 5.41) is 13.8. The van der Waals surface area contributed by atoms with Gasteiger partial charge >= 0.3 is 0 Å². The first kappa shape index (κ1) is 15.7. The third kappa shape index (κ3) is 3.93. The largest absolute Gasteiger partial charge is 0.380 e. The first-order chi connectivity index (χ1) is 9.77. The zero-order valence-electron chi connectivity index (χ0n) is 12.9. The maximum absolute atomic E-state index is 13.9. The summed E-state index contributed by atoms with van der Waals surface area (Å²) in [5.74, 6) is 0.152. The topological polar surface area (TPSA) is 55.2 Å². The van der Waals surface area contributed by atoms with E-state index in [1.807, 2.05) is 0 Å². The molecule has 1 aliphatic carbocycles. The average molecular weight is 294 g/mol. The minimum absolute atomic E-state index is 0.213. The Bertz CT molecular complexity index is 517. The summed E-state index contributed by atoms with van der Waals surface area (Å²) < 4.78 is 13.9. The molecular formula is C16H23FN2O2. The van der Waals surface area contributed by atoms with Crippen molar-refractivity contribution >= 4 is 11.4 Å². The Morgan fingerprint density at radius 2 is 1.86 bits per heavy atom. The van der Waals surface area contributed by atoms with Crippen LogP contribution in [0.15, 0.2) is 18.2 Å². The zero-order valence-corrected chi connectivity index (χ0v) is 12.9. The minimum Gasteiger partial charge on any atom is -0.380 e. The maximum atomic E-state index is 13.9. The van der Waals surface area contributed by atoms with Crippen LogP contribution in [0.1, 0.15) is 46.5 Å². The highest BCUT2D eigenvalue weighted by molar-refractivity contribution is 5.50. The summed E-state index contributed by atoms with van der Waals surface area (Å²) in [6.45, 7) is 6.80. The van der Waals surface area contributed by atoms with Crippen LogP contribution in [0.3, 0.4) is 0 Å². The molecule has 1 aromatic rings. The number of hydrogen-bond donors (Lipinski definition) is 1. The molecule has 2 rings (SSSR count). The molecule has 1 aromatic carbocycles. The van der Waals surface area contributed by atoms with Crippen LogP contribution in [0, 0.1) is 27.3 Å². The van der Waals surface area contributed by atoms with Crippen molar-refractivity contribution in [3.8, 4) is 0 Å². The monoisotopic (exact) mass is 294 g/mol. The van der Waals surface area contributed by atoms with Crippen molar-refractivity contribution in [2.45, 2.75) is 52.5 Å². The van der Waals surface area contributed by atoms with Crippen molar-refractivity contribution < 1.29 is 9.31 Å². The minimum atomic E-state index is -0.582. The third-order valence-electron chi connectivity index (χ3n) is 4.48. The van der Waals surface area contributed by atoms with E-state index in [9.17, 15) is 14.5 Å². The van der Waals surface area contributed by atoms with Crippen LogP contribution in [0.2, 0.25) is 0 Å². The number of rotatable bonds is 3. The summed E-state index contributed by atoms with van der Waals surface area (Å²) in [6, 6.07) is 4.03. The number of nitrogens with zero attached hydrogens (tertiary/aromatic N) is 1. The van der Waals surface area contributed by atoms with Gasteiger partial charge in [-0.2, -0.15) is 0 Å². The van der Waals surface area contributed by atoms with Crippen molar-refractivity contribution in [1.82, 2.24) is 0 Å². The second-order valence-electron chi connectivity index (χ2n) is 6.98. The smallest absolute Gasteiger partial charge is 0.272 e. The van der Waals surface area contributed by atoms with Gasteiger partial charge in [0.05, 0.1) is 16.7 Å². The van der Waals surface area contributed by atoms with Crippen LogP contribution in [-0.2, 0) is 0 Å². The van der Waals surface area contributed by atoms with Crippen LogP contribution < -0.4 is 5.32 Å². The van der Waals surface area contributed by atoms with Crippen molar-refractivity contribution in [2.24, 2.45) is 11.3 Å². The number of anilines is 1. The lowest BCUT2D eigenvalue weighted by Crippen LogP contribution is -2.31. The quantitative estimate of drug-likeness (QED) is 0.646. The van der Waals surface area contributed by atoms with E-state index in [2.05, 4.69) is 26.1 Å². The van der Waals surface area contributed by atoms with Gasteiger partial charge in [0.25, 0.3) is 5.69 Å². The summed E-state index contributed by atoms with van der Waals surface area (Å²) in [5.41, 5.74) is 0.470. The van der Waals surface area contributed by atoms with E-state index in [0.717, 1.165) is 31.7 Å². The first-order valence-electron chi connectivity index (χ1n) is 7.48. The van der Waals surface area contributed by atoms with Gasteiger partial charge in [-0.25, -0.2) is 4.39 Å². The van der Waals surface area contributed by atoms with Gasteiger partial charge in [0, 0.05) is 12.1 Å². The lowest BCUT2D eigenvalue weighted by Gasteiger charge is -2.37. The molecule has 0 unspecified atom stereocenters. The second kappa shape index (κ2) is 6.00. The summed E-state index contributed by atoms with van der Waals surface area (Å²) >= 11 is 0. The molecule has 4 nitrogen and oxygen atoms in total. The molecule has 0 saturated heterocycles. The van der Waals surface area contributed by atoms with Crippen LogP contribution in [0.4, 0.5) is 15.8 Å². The summed E-state index contributed by atoms with van der Waals surface area (Å²) in [4.78, 5) is 10.0. The van der Waals surface area contributed by atoms with Crippen molar-refractivity contribution in [3.63, 3.8) is 0 Å². The molecule has 0 aliphatic heterocycles. The Labute approximate surface area is 124 Å². The van der Waals surface area contributed by atoms with Gasteiger partial charge in [-0.05, 0) is 43.1 Å². The third-order valence-corrected chi connectivity index (χ3v) is 4.48. The molecule has 0 spiro atoms. The Morgan fingerprint density at radius 1 is 1.24 bits per heavy atom. The Balaban J connectivity index is 1.96. The molecule has 0 bridgehead atoms. The number of nitrogens with one attached hydrogen (secondary N) is 1. The number of hydrogen-bond acceptors (Lipinski definition) is 3. The van der Waals surface area contributed by atoms with E-state index in [1.165, 1.54) is 12.1 Å². The Hall–Kier alpha value is -1.65. The van der Waals surface area contributed by atoms with E-state index in [-0.39, 0.29) is 11.7 Å². The molecule has 0 amide bonds. The van der Waals surface area contributed by atoms with Crippen molar-refractivity contribution in [3.05, 3.63) is 34.1 Å². The normalized spacial score (nSPS) is 22.9. The lowest BCUT2D eigenvalue weighted by molar-refractivity contribution is -0.385. The number of benzene rings is 1. The van der Waals surface area contributed by atoms with Gasteiger partial charge in [-0.1, -0.05) is 20.8 Å². The van der Waals surface area contributed by atoms with Gasteiger partial charge < -0.3 is 5.32 Å². The molecule has 0 heterocycles. The molecule has 1 N–H and O–H groups in total. The lowest BCUT2D eigenvalue weighted by atomic mass is 9.71. The highest BCUT2D eigenvalue weighted by atomic mass is 19.1. The van der Waals surface area contributed by atoms with Gasteiger partial charge in [-0.15, -0.1) is 0 Å². The molecule has 21 heavy (non-hydrogen) atoms. The standard InChI is InChI=1S/C16H23FN2O2/c1-16(2,3)11-4-6-12(7-5-11)18-15-9-8-13(19(20)21)10-14(15)17/h8-12,18H,4-7H2,1-3H3. The fourth-order valence-electron chi connectivity index (χ4n) is 3.06. The predicted molar refractivity (Wildman–Crippen MR) is 81.9 cm³/mol. The van der Waals surface area contributed by atoms with Gasteiger partial charge in [-0.3, -0.25) is 10.1 Å². The maximum Gasteiger partial charge on any atom is 0.272 e. The van der Waals surface area contributed by atoms with Gasteiger partial charge in [0.1, 0.15) is 0 Å². The molecular weight excluding hydrogens is 271 g/mol. The Kier molecular flexibility index (Phi) is 4.49. The number of halogens is 1. The van der Waals surface area contributed by atoms with Crippen LogP contribution in [0.5, 0.6) is 0 Å². The van der Waals surface area contributed by atoms with Crippen LogP contribution in [0.25, 0.3) is 0 Å². The van der Waals surface area contributed by atoms with Gasteiger partial charge in [0.2, 0.25) is 0 Å². The van der Waals surface area contributed by atoms with E-state index >= 15 is 0 Å². The molecule has 0 aromatic heterocycles. The molecule has 0 atom stereocenters. The van der Waals surface area contributed by atoms with Crippen LogP contribution >= 0.6 is 0 Å². The summed E-state index contributed by atoms with van der Waals surface area (Å²) in [7, 11) is 0. The molecule has 0 radical (unpaired) electrons. The second-order valence-corrected chi connectivity index (χ2v) is 6.98. The van der Waals surface area contributed by atoms with E-state index < -0.39 is 10.7 Å². The van der Waals surface area contributed by atoms with Crippen molar-refractivity contribution in [2.75, 3.05) is 5.32 Å². The Morgan fingerprint density at radius 3 is 2.33 bits per heavy atom. The number of non-ortho nitro benzene ring substituents is 1. The van der Waals surface area contributed by atoms with E-state index in [1.54, 1.807) is 0 Å². The number of nitro groups is 1. The molecule has 1 fully saturated rings. The van der Waals surface area contributed by atoms with E-state index in [4.69, 9.17) is 0 Å². The highest BCUT2D eigenvalue weighted by Gasteiger charge is 2.29. The van der Waals surface area contributed by atoms with E-state index in [0.29, 0.717) is 17.0 Å². The molecule has 116 valence electrons. The zero-order chi connectivity index (χ0) is 15.6. The number of nitro benzene ring substituents is 1. The molecule has 5 heteroatoms. The van der Waals surface area contributed by atoms with Gasteiger partial charge in [0.15, 0.2) is 5.82 Å². The first-order valence-corrected chi connectivity index (χ1v) is 7.48. The fourth-order valence-corrected chi connectivity index (χ4v) is 3.06. The molecule has 1 saturated carbocycles. The van der Waals surface area contributed by atoms with Crippen LogP contribution in [-0.4, -0.2) is 11.0 Å².